The monoisotopic (exact) mass is 345 g/mol. The molecule has 26 heavy (non-hydrogen) atoms. The van der Waals surface area contributed by atoms with Gasteiger partial charge in [0.05, 0.1) is 25.2 Å². The Labute approximate surface area is 149 Å². The third-order valence-electron chi connectivity index (χ3n) is 4.42. The minimum atomic E-state index is 0.0116. The van der Waals surface area contributed by atoms with Gasteiger partial charge >= 0.3 is 0 Å². The van der Waals surface area contributed by atoms with Crippen molar-refractivity contribution in [2.24, 2.45) is 0 Å². The predicted molar refractivity (Wildman–Crippen MR) is 92.7 cm³/mol. The zero-order valence-corrected chi connectivity index (χ0v) is 13.8. The molecular weight excluding hydrogens is 330 g/mol. The van der Waals surface area contributed by atoms with E-state index in [9.17, 15) is 0 Å². The molecule has 0 bridgehead atoms. The van der Waals surface area contributed by atoms with Crippen molar-refractivity contribution in [2.75, 3.05) is 0 Å². The first-order valence-corrected chi connectivity index (χ1v) is 8.34. The number of hydrogen-bond donors (Lipinski definition) is 0. The molecule has 0 amide bonds. The second kappa shape index (κ2) is 6.20. The van der Waals surface area contributed by atoms with Gasteiger partial charge in [0.15, 0.2) is 5.69 Å². The molecule has 0 N–H and O–H groups in total. The lowest BCUT2D eigenvalue weighted by Gasteiger charge is -2.25. The molecule has 1 aliphatic rings. The van der Waals surface area contributed by atoms with E-state index >= 15 is 0 Å². The summed E-state index contributed by atoms with van der Waals surface area (Å²) in [5.74, 6) is 0.822. The maximum absolute atomic E-state index is 6.04. The molecule has 0 saturated heterocycles. The van der Waals surface area contributed by atoms with Gasteiger partial charge in [-0.3, -0.25) is 4.98 Å². The maximum Gasteiger partial charge on any atom is 0.278 e. The Balaban J connectivity index is 1.43. The van der Waals surface area contributed by atoms with Crippen LogP contribution in [0.2, 0.25) is 0 Å². The SMILES string of the molecule is c1ccc([C@H]2Cn3cnc(-c4nc(-c5ccccn5)no4)c3CO2)cc1. The number of pyridine rings is 1. The van der Waals surface area contributed by atoms with Crippen molar-refractivity contribution >= 4 is 0 Å². The number of benzene rings is 1. The molecule has 1 aliphatic heterocycles. The third-order valence-corrected chi connectivity index (χ3v) is 4.42. The van der Waals surface area contributed by atoms with Crippen LogP contribution < -0.4 is 0 Å². The molecule has 128 valence electrons. The van der Waals surface area contributed by atoms with E-state index in [2.05, 4.69) is 36.8 Å². The number of nitrogens with zero attached hydrogens (tertiary/aromatic N) is 5. The molecule has 0 fully saturated rings. The van der Waals surface area contributed by atoms with E-state index in [0.29, 0.717) is 36.3 Å². The number of fused-ring (bicyclic) bond motifs is 1. The van der Waals surface area contributed by atoms with Gasteiger partial charge in [0.1, 0.15) is 11.8 Å². The van der Waals surface area contributed by atoms with Gasteiger partial charge in [-0.25, -0.2) is 4.98 Å². The fourth-order valence-corrected chi connectivity index (χ4v) is 3.09. The molecule has 7 nitrogen and oxygen atoms in total. The van der Waals surface area contributed by atoms with Crippen molar-refractivity contribution in [1.29, 1.82) is 0 Å². The van der Waals surface area contributed by atoms with E-state index in [1.54, 1.807) is 12.5 Å². The largest absolute Gasteiger partial charge is 0.365 e. The topological polar surface area (TPSA) is 78.9 Å². The molecule has 0 radical (unpaired) electrons. The molecular formula is C19H15N5O2. The summed E-state index contributed by atoms with van der Waals surface area (Å²) in [6, 6.07) is 15.8. The lowest BCUT2D eigenvalue weighted by molar-refractivity contribution is 0.00330. The van der Waals surface area contributed by atoms with Crippen molar-refractivity contribution in [1.82, 2.24) is 24.7 Å². The molecule has 0 saturated carbocycles. The van der Waals surface area contributed by atoms with Gasteiger partial charge in [0.25, 0.3) is 5.89 Å². The Bertz CT molecular complexity index is 1030. The predicted octanol–water partition coefficient (Wildman–Crippen LogP) is 3.27. The second-order valence-corrected chi connectivity index (χ2v) is 6.04. The van der Waals surface area contributed by atoms with Gasteiger partial charge in [-0.2, -0.15) is 4.98 Å². The van der Waals surface area contributed by atoms with Crippen LogP contribution in [-0.2, 0) is 17.9 Å². The standard InChI is InChI=1S/C19H15N5O2/c1-2-6-13(7-3-1)16-10-24-12-21-17(15(24)11-25-16)19-22-18(23-26-19)14-8-4-5-9-20-14/h1-9,12,16H,10-11H2/t16-/m1/s1. The summed E-state index contributed by atoms with van der Waals surface area (Å²) >= 11 is 0. The van der Waals surface area contributed by atoms with E-state index in [0.717, 1.165) is 11.3 Å². The number of hydrogen-bond acceptors (Lipinski definition) is 6. The number of aromatic nitrogens is 5. The van der Waals surface area contributed by atoms with Crippen LogP contribution in [0.5, 0.6) is 0 Å². The number of imidazole rings is 1. The zero-order chi connectivity index (χ0) is 17.3. The molecule has 0 aliphatic carbocycles. The van der Waals surface area contributed by atoms with E-state index in [-0.39, 0.29) is 6.10 Å². The Morgan fingerprint density at radius 3 is 2.73 bits per heavy atom. The molecule has 4 aromatic rings. The highest BCUT2D eigenvalue weighted by molar-refractivity contribution is 5.56. The summed E-state index contributed by atoms with van der Waals surface area (Å²) in [5, 5.41) is 4.02. The van der Waals surface area contributed by atoms with Crippen LogP contribution in [-0.4, -0.2) is 24.7 Å². The summed E-state index contributed by atoms with van der Waals surface area (Å²) in [5.41, 5.74) is 3.42. The van der Waals surface area contributed by atoms with Crippen LogP contribution in [0.1, 0.15) is 17.4 Å². The van der Waals surface area contributed by atoms with E-state index in [1.165, 1.54) is 0 Å². The van der Waals surface area contributed by atoms with E-state index < -0.39 is 0 Å². The molecule has 0 spiro atoms. The Kier molecular flexibility index (Phi) is 3.57. The van der Waals surface area contributed by atoms with Gasteiger partial charge in [0, 0.05) is 6.20 Å². The molecule has 1 atom stereocenters. The zero-order valence-electron chi connectivity index (χ0n) is 13.8. The lowest BCUT2D eigenvalue weighted by atomic mass is 10.1. The Morgan fingerprint density at radius 2 is 1.88 bits per heavy atom. The lowest BCUT2D eigenvalue weighted by Crippen LogP contribution is -2.20. The summed E-state index contributed by atoms with van der Waals surface area (Å²) in [4.78, 5) is 13.1. The summed E-state index contributed by atoms with van der Waals surface area (Å²) in [6.07, 6.45) is 3.51. The Morgan fingerprint density at radius 1 is 1.00 bits per heavy atom. The molecule has 5 rings (SSSR count). The fraction of sp³-hybridized carbons (Fsp3) is 0.158. The summed E-state index contributed by atoms with van der Waals surface area (Å²) in [7, 11) is 0. The van der Waals surface area contributed by atoms with Crippen LogP contribution in [0.4, 0.5) is 0 Å². The normalized spacial score (nSPS) is 16.4. The average Bonchev–Trinajstić information content (AvgIpc) is 3.36. The van der Waals surface area contributed by atoms with E-state index in [4.69, 9.17) is 9.26 Å². The average molecular weight is 345 g/mol. The summed E-state index contributed by atoms with van der Waals surface area (Å²) < 4.78 is 13.5. The number of rotatable bonds is 3. The molecule has 3 aromatic heterocycles. The van der Waals surface area contributed by atoms with Gasteiger partial charge in [-0.15, -0.1) is 0 Å². The quantitative estimate of drug-likeness (QED) is 0.567. The van der Waals surface area contributed by atoms with Gasteiger partial charge in [0.2, 0.25) is 5.82 Å². The van der Waals surface area contributed by atoms with Crippen LogP contribution in [0, 0.1) is 0 Å². The first kappa shape index (κ1) is 15.0. The highest BCUT2D eigenvalue weighted by Crippen LogP contribution is 2.31. The molecule has 4 heterocycles. The van der Waals surface area contributed by atoms with Crippen LogP contribution in [0.15, 0.2) is 65.6 Å². The number of ether oxygens (including phenoxy) is 1. The van der Waals surface area contributed by atoms with Crippen molar-refractivity contribution in [2.45, 2.75) is 19.3 Å². The Hall–Kier alpha value is -3.32. The van der Waals surface area contributed by atoms with Crippen molar-refractivity contribution < 1.29 is 9.26 Å². The first-order chi connectivity index (χ1) is 12.9. The second-order valence-electron chi connectivity index (χ2n) is 6.04. The van der Waals surface area contributed by atoms with E-state index in [1.807, 2.05) is 36.4 Å². The van der Waals surface area contributed by atoms with Gasteiger partial charge in [-0.1, -0.05) is 41.6 Å². The van der Waals surface area contributed by atoms with Crippen LogP contribution in [0.3, 0.4) is 0 Å². The highest BCUT2D eigenvalue weighted by atomic mass is 16.5. The smallest absolute Gasteiger partial charge is 0.278 e. The highest BCUT2D eigenvalue weighted by Gasteiger charge is 2.26. The molecule has 0 unspecified atom stereocenters. The molecule has 7 heteroatoms. The maximum atomic E-state index is 6.04. The third kappa shape index (κ3) is 2.58. The van der Waals surface area contributed by atoms with Gasteiger partial charge < -0.3 is 13.8 Å². The molecule has 1 aromatic carbocycles. The fourth-order valence-electron chi connectivity index (χ4n) is 3.09. The summed E-state index contributed by atoms with van der Waals surface area (Å²) in [6.45, 7) is 1.14. The van der Waals surface area contributed by atoms with Crippen LogP contribution in [0.25, 0.3) is 23.1 Å². The minimum absolute atomic E-state index is 0.0116. The van der Waals surface area contributed by atoms with Gasteiger partial charge in [-0.05, 0) is 17.7 Å². The minimum Gasteiger partial charge on any atom is -0.365 e. The van der Waals surface area contributed by atoms with Crippen molar-refractivity contribution in [3.05, 3.63) is 72.3 Å². The van der Waals surface area contributed by atoms with Crippen molar-refractivity contribution in [3.8, 4) is 23.1 Å². The first-order valence-electron chi connectivity index (χ1n) is 8.34. The van der Waals surface area contributed by atoms with Crippen LogP contribution >= 0.6 is 0 Å². The van der Waals surface area contributed by atoms with Crippen molar-refractivity contribution in [3.63, 3.8) is 0 Å².